The molecule has 4 atom stereocenters. The van der Waals surface area contributed by atoms with Gasteiger partial charge < -0.3 is 24.6 Å². The molecule has 2 N–H and O–H groups in total. The lowest BCUT2D eigenvalue weighted by molar-refractivity contribution is -0.174. The van der Waals surface area contributed by atoms with Gasteiger partial charge in [0.25, 0.3) is 5.91 Å². The number of carbonyl (C=O) groups is 3. The van der Waals surface area contributed by atoms with Crippen molar-refractivity contribution in [1.29, 1.82) is 0 Å². The number of aromatic nitrogens is 1. The highest BCUT2D eigenvalue weighted by molar-refractivity contribution is 5.97. The van der Waals surface area contributed by atoms with Gasteiger partial charge in [0.2, 0.25) is 0 Å². The lowest BCUT2D eigenvalue weighted by Crippen LogP contribution is -2.45. The molecule has 0 unspecified atom stereocenters. The van der Waals surface area contributed by atoms with Crippen LogP contribution >= 0.6 is 0 Å². The second-order valence-corrected chi connectivity index (χ2v) is 10.4. The normalized spacial score (nSPS) is 25.4. The summed E-state index contributed by atoms with van der Waals surface area (Å²) in [6.45, 7) is 6.07. The second-order valence-electron chi connectivity index (χ2n) is 10.4. The van der Waals surface area contributed by atoms with Crippen LogP contribution < -0.4 is 10.1 Å². The van der Waals surface area contributed by atoms with E-state index in [0.29, 0.717) is 18.8 Å². The van der Waals surface area contributed by atoms with E-state index in [9.17, 15) is 19.5 Å². The average molecular weight is 505 g/mol. The molecule has 1 aliphatic heterocycles. The van der Waals surface area contributed by atoms with E-state index in [1.807, 2.05) is 0 Å². The summed E-state index contributed by atoms with van der Waals surface area (Å²) in [6, 6.07) is 0.522. The zero-order chi connectivity index (χ0) is 26.2. The molecule has 1 aromatic rings. The van der Waals surface area contributed by atoms with Crippen molar-refractivity contribution >= 4 is 17.8 Å². The van der Waals surface area contributed by atoms with Crippen LogP contribution in [0.2, 0.25) is 0 Å². The van der Waals surface area contributed by atoms with Crippen LogP contribution in [0, 0.1) is 17.8 Å². The van der Waals surface area contributed by atoms with E-state index >= 15 is 0 Å². The molecule has 9 heteroatoms. The third-order valence-electron chi connectivity index (χ3n) is 7.26. The molecule has 0 radical (unpaired) electrons. The highest BCUT2D eigenvalue weighted by atomic mass is 16.6. The van der Waals surface area contributed by atoms with Crippen molar-refractivity contribution in [3.05, 3.63) is 18.0 Å². The molecule has 1 aromatic heterocycles. The zero-order valence-electron chi connectivity index (χ0n) is 21.8. The molecule has 2 aliphatic rings. The number of methoxy groups -OCH3 is 1. The third-order valence-corrected chi connectivity index (χ3v) is 7.26. The Morgan fingerprint density at radius 1 is 1.19 bits per heavy atom. The van der Waals surface area contributed by atoms with Gasteiger partial charge >= 0.3 is 11.9 Å². The summed E-state index contributed by atoms with van der Waals surface area (Å²) in [6.07, 6.45) is 7.50. The molecule has 3 rings (SSSR count). The molecule has 2 heterocycles. The number of hydrogen-bond acceptors (Lipinski definition) is 8. The van der Waals surface area contributed by atoms with Crippen molar-refractivity contribution in [3.63, 3.8) is 0 Å². The monoisotopic (exact) mass is 504 g/mol. The van der Waals surface area contributed by atoms with Crippen LogP contribution in [0.5, 0.6) is 11.5 Å². The molecule has 1 amide bonds. The van der Waals surface area contributed by atoms with Crippen LogP contribution in [0.15, 0.2) is 12.3 Å². The van der Waals surface area contributed by atoms with Crippen LogP contribution in [-0.2, 0) is 19.1 Å². The van der Waals surface area contributed by atoms with Crippen LogP contribution in [0.4, 0.5) is 0 Å². The molecule has 200 valence electrons. The topological polar surface area (TPSA) is 124 Å². The predicted octanol–water partition coefficient (Wildman–Crippen LogP) is 4.16. The number of hydrogen-bond donors (Lipinski definition) is 2. The largest absolute Gasteiger partial charge is 0.503 e. The number of aromatic hydroxyl groups is 1. The van der Waals surface area contributed by atoms with E-state index in [1.165, 1.54) is 19.4 Å². The maximum Gasteiger partial charge on any atom is 0.329 e. The van der Waals surface area contributed by atoms with Gasteiger partial charge in [-0.15, -0.1) is 0 Å². The van der Waals surface area contributed by atoms with Crippen molar-refractivity contribution in [2.45, 2.75) is 96.8 Å². The minimum absolute atomic E-state index is 0.0547. The van der Waals surface area contributed by atoms with Gasteiger partial charge in [0, 0.05) is 12.3 Å². The van der Waals surface area contributed by atoms with Gasteiger partial charge in [-0.25, -0.2) is 9.78 Å². The summed E-state index contributed by atoms with van der Waals surface area (Å²) < 4.78 is 16.9. The van der Waals surface area contributed by atoms with Crippen molar-refractivity contribution in [1.82, 2.24) is 10.3 Å². The molecular formula is C27H40N2O7. The first kappa shape index (κ1) is 27.7. The van der Waals surface area contributed by atoms with E-state index in [0.717, 1.165) is 44.9 Å². The Morgan fingerprint density at radius 3 is 2.58 bits per heavy atom. The van der Waals surface area contributed by atoms with Crippen molar-refractivity contribution in [3.8, 4) is 11.5 Å². The number of amides is 1. The van der Waals surface area contributed by atoms with Gasteiger partial charge in [0.1, 0.15) is 18.2 Å². The van der Waals surface area contributed by atoms with Gasteiger partial charge in [-0.3, -0.25) is 9.59 Å². The molecule has 0 aromatic carbocycles. The molecule has 1 saturated heterocycles. The maximum absolute atomic E-state index is 13.1. The van der Waals surface area contributed by atoms with Crippen molar-refractivity contribution < 1.29 is 33.7 Å². The summed E-state index contributed by atoms with van der Waals surface area (Å²) in [5.41, 5.74) is -0.228. The second kappa shape index (κ2) is 12.9. The molecule has 36 heavy (non-hydrogen) atoms. The standard InChI is InChI=1S/C27H40N2O7/c1-16(2)12-13-18-10-7-11-20(29-25(31)22-23(30)21(34-4)14-15-28-22)27(33)35-17(3)24(18)36-26(32)19-8-5-6-9-19/h14-20,24,30H,5-13H2,1-4H3,(H,29,31)/t17-,18+,20-,24-/m0/s1. The van der Waals surface area contributed by atoms with Crippen molar-refractivity contribution in [2.75, 3.05) is 7.11 Å². The highest BCUT2D eigenvalue weighted by Gasteiger charge is 2.38. The van der Waals surface area contributed by atoms with E-state index < -0.39 is 35.9 Å². The number of carbonyl (C=O) groups excluding carboxylic acids is 3. The molecule has 0 bridgehead atoms. The summed E-state index contributed by atoms with van der Waals surface area (Å²) in [7, 11) is 1.37. The zero-order valence-corrected chi connectivity index (χ0v) is 21.8. The number of pyridine rings is 1. The predicted molar refractivity (Wildman–Crippen MR) is 133 cm³/mol. The molecule has 2 fully saturated rings. The number of nitrogens with zero attached hydrogens (tertiary/aromatic N) is 1. The van der Waals surface area contributed by atoms with E-state index in [4.69, 9.17) is 14.2 Å². The SMILES string of the molecule is COc1ccnc(C(=O)N[C@H]2CCC[C@H](CCC(C)C)[C@@H](OC(=O)C3CCCC3)[C@H](C)OC2=O)c1O. The lowest BCUT2D eigenvalue weighted by atomic mass is 9.86. The Hall–Kier alpha value is -2.84. The van der Waals surface area contributed by atoms with E-state index in [2.05, 4.69) is 24.1 Å². The van der Waals surface area contributed by atoms with Gasteiger partial charge in [0.05, 0.1) is 13.0 Å². The molecule has 9 nitrogen and oxygen atoms in total. The van der Waals surface area contributed by atoms with Gasteiger partial charge in [-0.1, -0.05) is 39.5 Å². The first-order valence-electron chi connectivity index (χ1n) is 13.1. The highest BCUT2D eigenvalue weighted by Crippen LogP contribution is 2.32. The minimum Gasteiger partial charge on any atom is -0.503 e. The number of esters is 2. The number of rotatable bonds is 8. The first-order valence-corrected chi connectivity index (χ1v) is 13.1. The van der Waals surface area contributed by atoms with E-state index in [-0.39, 0.29) is 29.2 Å². The number of cyclic esters (lactones) is 1. The number of nitrogens with one attached hydrogen (secondary N) is 1. The third kappa shape index (κ3) is 7.11. The molecule has 0 spiro atoms. The van der Waals surface area contributed by atoms with E-state index in [1.54, 1.807) is 6.92 Å². The Labute approximate surface area is 213 Å². The van der Waals surface area contributed by atoms with Crippen LogP contribution in [-0.4, -0.2) is 53.3 Å². The van der Waals surface area contributed by atoms with Gasteiger partial charge in [-0.2, -0.15) is 0 Å². The summed E-state index contributed by atoms with van der Waals surface area (Å²) in [5, 5.41) is 12.9. The van der Waals surface area contributed by atoms with Gasteiger partial charge in [0.15, 0.2) is 17.2 Å². The Kier molecular flexibility index (Phi) is 9.96. The Morgan fingerprint density at radius 2 is 1.92 bits per heavy atom. The fraction of sp³-hybridized carbons (Fsp3) is 0.704. The first-order chi connectivity index (χ1) is 17.2. The quantitative estimate of drug-likeness (QED) is 0.506. The Bertz CT molecular complexity index is 913. The fourth-order valence-corrected chi connectivity index (χ4v) is 5.15. The maximum atomic E-state index is 13.1. The summed E-state index contributed by atoms with van der Waals surface area (Å²) >= 11 is 0. The number of ether oxygens (including phenoxy) is 3. The van der Waals surface area contributed by atoms with Crippen LogP contribution in [0.1, 0.15) is 89.0 Å². The smallest absolute Gasteiger partial charge is 0.329 e. The summed E-state index contributed by atoms with van der Waals surface area (Å²) in [5.74, 6) is -1.29. The molecule has 1 aliphatic carbocycles. The minimum atomic E-state index is -0.914. The van der Waals surface area contributed by atoms with Crippen molar-refractivity contribution in [2.24, 2.45) is 17.8 Å². The van der Waals surface area contributed by atoms with Gasteiger partial charge in [-0.05, 0) is 50.9 Å². The fourth-order valence-electron chi connectivity index (χ4n) is 5.15. The van der Waals surface area contributed by atoms with Crippen LogP contribution in [0.25, 0.3) is 0 Å². The average Bonchev–Trinajstić information content (AvgIpc) is 3.39. The molecular weight excluding hydrogens is 464 g/mol. The lowest BCUT2D eigenvalue weighted by Gasteiger charge is -2.32. The Balaban J connectivity index is 1.75. The summed E-state index contributed by atoms with van der Waals surface area (Å²) in [4.78, 5) is 42.8. The molecule has 1 saturated carbocycles. The van der Waals surface area contributed by atoms with Crippen LogP contribution in [0.3, 0.4) is 0 Å².